The van der Waals surface area contributed by atoms with Crippen LogP contribution in [0.5, 0.6) is 23.0 Å². The SMILES string of the molecule is O=C(O)CN1CCN(CC(=O)O)CCN(CC(=O)O)C(Cc2ccc(NC(=S)Nc3cccc4c3C(=O)OC43c4ccc(O)cc4Oc4cc(O)ccc43)cc2)CN(CC(=O)O)CC1. The van der Waals surface area contributed by atoms with Crippen molar-refractivity contribution in [1.82, 2.24) is 19.6 Å². The topological polar surface area (TPSA) is 262 Å². The number of hydrogen-bond donors (Lipinski definition) is 8. The summed E-state index contributed by atoms with van der Waals surface area (Å²) in [5.74, 6) is -4.70. The second-order valence-electron chi connectivity index (χ2n) is 15.7. The summed E-state index contributed by atoms with van der Waals surface area (Å²) >= 11 is 5.69. The van der Waals surface area contributed by atoms with Gasteiger partial charge in [0.05, 0.1) is 37.4 Å². The van der Waals surface area contributed by atoms with E-state index in [-0.39, 0.29) is 106 Å². The molecule has 0 aromatic heterocycles. The predicted octanol–water partition coefficient (Wildman–Crippen LogP) is 2.95. The standard InChI is InChI=1S/C44H46N6O13S/c51-29-8-10-31-35(19-29)62-36-20-30(52)9-11-32(36)44(31)33-2-1-3-34(41(33)42(61)63-44)46-43(64)45-27-6-4-26(5-7-27)18-28-21-49(24-39(57)58)15-14-47(22-37(53)54)12-13-48(23-38(55)56)16-17-50(28)25-40(59)60/h1-11,19-20,28,51-52H,12-18,21-25H2,(H,53,54)(H,55,56)(H,57,58)(H,59,60)(H2,45,46,64). The van der Waals surface area contributed by atoms with Gasteiger partial charge in [-0.15, -0.1) is 0 Å². The lowest BCUT2D eigenvalue weighted by atomic mass is 9.77. The Labute approximate surface area is 371 Å². The number of anilines is 2. The zero-order chi connectivity index (χ0) is 45.7. The molecular formula is C44H46N6O13S. The number of benzene rings is 4. The number of aromatic hydroxyl groups is 2. The zero-order valence-electron chi connectivity index (χ0n) is 34.3. The molecule has 7 rings (SSSR count). The molecule has 1 saturated heterocycles. The Morgan fingerprint density at radius 1 is 0.656 bits per heavy atom. The number of phenols is 2. The van der Waals surface area contributed by atoms with Crippen molar-refractivity contribution in [2.24, 2.45) is 0 Å². The summed E-state index contributed by atoms with van der Waals surface area (Å²) in [5, 5.41) is 65.7. The van der Waals surface area contributed by atoms with E-state index in [0.29, 0.717) is 28.1 Å². The molecule has 1 fully saturated rings. The summed E-state index contributed by atoms with van der Waals surface area (Å²) in [6, 6.07) is 20.7. The molecule has 1 spiro atoms. The highest BCUT2D eigenvalue weighted by atomic mass is 32.1. The summed E-state index contributed by atoms with van der Waals surface area (Å²) in [6.45, 7) is -0.247. The van der Waals surface area contributed by atoms with Crippen LogP contribution in [-0.2, 0) is 35.9 Å². The largest absolute Gasteiger partial charge is 0.508 e. The van der Waals surface area contributed by atoms with Crippen molar-refractivity contribution >= 4 is 58.6 Å². The second-order valence-corrected chi connectivity index (χ2v) is 16.1. The predicted molar refractivity (Wildman–Crippen MR) is 233 cm³/mol. The molecule has 3 heterocycles. The highest BCUT2D eigenvalue weighted by molar-refractivity contribution is 7.80. The molecule has 0 saturated carbocycles. The Kier molecular flexibility index (Phi) is 13.6. The van der Waals surface area contributed by atoms with Crippen molar-refractivity contribution < 1.29 is 64.1 Å². The first-order chi connectivity index (χ1) is 30.6. The molecule has 1 atom stereocenters. The first-order valence-corrected chi connectivity index (χ1v) is 20.7. The number of nitrogens with one attached hydrogen (secondary N) is 2. The fourth-order valence-electron chi connectivity index (χ4n) is 8.49. The van der Waals surface area contributed by atoms with Crippen LogP contribution in [0.1, 0.15) is 32.6 Å². The molecule has 1 unspecified atom stereocenters. The number of hydrogen-bond acceptors (Lipinski definition) is 14. The number of phenolic OH excluding ortho intramolecular Hbond substituents is 2. The van der Waals surface area contributed by atoms with Gasteiger partial charge < -0.3 is 50.7 Å². The van der Waals surface area contributed by atoms with Gasteiger partial charge in [0.2, 0.25) is 0 Å². The van der Waals surface area contributed by atoms with Crippen LogP contribution in [0.3, 0.4) is 0 Å². The van der Waals surface area contributed by atoms with Gasteiger partial charge in [0, 0.05) is 86.4 Å². The van der Waals surface area contributed by atoms with Crippen molar-refractivity contribution in [3.63, 3.8) is 0 Å². The first-order valence-electron chi connectivity index (χ1n) is 20.2. The number of fused-ring (bicyclic) bond motifs is 6. The lowest BCUT2D eigenvalue weighted by Crippen LogP contribution is -2.53. The zero-order valence-corrected chi connectivity index (χ0v) is 35.1. The quantitative estimate of drug-likeness (QED) is 0.0751. The fourth-order valence-corrected chi connectivity index (χ4v) is 8.72. The van der Waals surface area contributed by atoms with Gasteiger partial charge in [-0.25, -0.2) is 4.79 Å². The van der Waals surface area contributed by atoms with Crippen LogP contribution in [0.25, 0.3) is 0 Å². The maximum Gasteiger partial charge on any atom is 0.342 e. The van der Waals surface area contributed by atoms with E-state index >= 15 is 0 Å². The number of thiocarbonyl (C=S) groups is 1. The molecule has 0 radical (unpaired) electrons. The minimum absolute atomic E-state index is 0.0701. The molecule has 3 aliphatic heterocycles. The maximum atomic E-state index is 13.8. The molecule has 64 heavy (non-hydrogen) atoms. The number of esters is 1. The molecule has 336 valence electrons. The van der Waals surface area contributed by atoms with Crippen molar-refractivity contribution in [2.45, 2.75) is 18.1 Å². The number of nitrogens with zero attached hydrogens (tertiary/aromatic N) is 4. The molecule has 4 aromatic rings. The second kappa shape index (κ2) is 19.3. The maximum absolute atomic E-state index is 13.8. The normalized spacial score (nSPS) is 17.9. The molecule has 3 aliphatic rings. The molecule has 0 amide bonds. The molecular weight excluding hydrogens is 853 g/mol. The van der Waals surface area contributed by atoms with Crippen molar-refractivity contribution in [3.8, 4) is 23.0 Å². The van der Waals surface area contributed by atoms with Crippen LogP contribution < -0.4 is 15.4 Å². The van der Waals surface area contributed by atoms with E-state index in [9.17, 15) is 54.6 Å². The number of carbonyl (C=O) groups excluding carboxylic acids is 1. The third kappa shape index (κ3) is 10.3. The first kappa shape index (κ1) is 45.2. The lowest BCUT2D eigenvalue weighted by molar-refractivity contribution is -0.142. The average Bonchev–Trinajstić information content (AvgIpc) is 3.51. The number of aliphatic carboxylic acids is 4. The van der Waals surface area contributed by atoms with Crippen molar-refractivity contribution in [1.29, 1.82) is 0 Å². The summed E-state index contributed by atoms with van der Waals surface area (Å²) in [4.78, 5) is 68.0. The van der Waals surface area contributed by atoms with Crippen LogP contribution in [0.15, 0.2) is 78.9 Å². The Morgan fingerprint density at radius 2 is 1.19 bits per heavy atom. The molecule has 20 heteroatoms. The number of carboxylic acids is 4. The minimum Gasteiger partial charge on any atom is -0.508 e. The molecule has 8 N–H and O–H groups in total. The third-order valence-corrected chi connectivity index (χ3v) is 11.5. The van der Waals surface area contributed by atoms with Gasteiger partial charge in [-0.2, -0.15) is 0 Å². The van der Waals surface area contributed by atoms with Crippen molar-refractivity contribution in [2.75, 3.05) is 82.6 Å². The lowest BCUT2D eigenvalue weighted by Gasteiger charge is -2.37. The number of carboxylic acid groups (broad SMARTS) is 4. The summed E-state index contributed by atoms with van der Waals surface area (Å²) in [5.41, 5.74) is 1.83. The van der Waals surface area contributed by atoms with Gasteiger partial charge in [0.25, 0.3) is 0 Å². The Morgan fingerprint density at radius 3 is 1.75 bits per heavy atom. The summed E-state index contributed by atoms with van der Waals surface area (Å²) in [6.07, 6.45) is 0.278. The number of ether oxygens (including phenoxy) is 2. The van der Waals surface area contributed by atoms with Crippen LogP contribution in [0.2, 0.25) is 0 Å². The molecule has 4 aromatic carbocycles. The Bertz CT molecular complexity index is 2420. The summed E-state index contributed by atoms with van der Waals surface area (Å²) in [7, 11) is 0. The van der Waals surface area contributed by atoms with Crippen molar-refractivity contribution in [3.05, 3.63) is 107 Å². The van der Waals surface area contributed by atoms with Gasteiger partial charge >= 0.3 is 29.8 Å². The van der Waals surface area contributed by atoms with Gasteiger partial charge in [0.15, 0.2) is 10.7 Å². The van der Waals surface area contributed by atoms with E-state index in [1.807, 2.05) is 12.1 Å². The Hall–Kier alpha value is -6.84. The summed E-state index contributed by atoms with van der Waals surface area (Å²) < 4.78 is 12.3. The van der Waals surface area contributed by atoms with Crippen LogP contribution in [-0.4, -0.2) is 163 Å². The van der Waals surface area contributed by atoms with E-state index in [1.165, 1.54) is 24.3 Å². The molecule has 19 nitrogen and oxygen atoms in total. The van der Waals surface area contributed by atoms with Crippen LogP contribution in [0.4, 0.5) is 11.4 Å². The monoisotopic (exact) mass is 898 g/mol. The molecule has 0 bridgehead atoms. The minimum atomic E-state index is -1.48. The van der Waals surface area contributed by atoms with E-state index in [4.69, 9.17) is 21.7 Å². The highest BCUT2D eigenvalue weighted by Crippen LogP contribution is 2.57. The van der Waals surface area contributed by atoms with E-state index in [1.54, 1.807) is 62.1 Å². The van der Waals surface area contributed by atoms with E-state index in [0.717, 1.165) is 5.56 Å². The highest BCUT2D eigenvalue weighted by Gasteiger charge is 2.54. The smallest absolute Gasteiger partial charge is 0.342 e. The van der Waals surface area contributed by atoms with Crippen LogP contribution in [0, 0.1) is 0 Å². The van der Waals surface area contributed by atoms with E-state index in [2.05, 4.69) is 10.6 Å². The third-order valence-electron chi connectivity index (χ3n) is 11.3. The van der Waals surface area contributed by atoms with Gasteiger partial charge in [-0.1, -0.05) is 24.3 Å². The fraction of sp³-hybridized carbons (Fsp3) is 0.318. The van der Waals surface area contributed by atoms with Gasteiger partial charge in [-0.3, -0.25) is 38.8 Å². The Balaban J connectivity index is 1.11. The van der Waals surface area contributed by atoms with Gasteiger partial charge in [-0.05, 0) is 66.7 Å². The van der Waals surface area contributed by atoms with E-state index < -0.39 is 48.0 Å². The number of carbonyl (C=O) groups is 5. The number of rotatable bonds is 12. The van der Waals surface area contributed by atoms with Crippen LogP contribution >= 0.6 is 12.2 Å². The molecule has 0 aliphatic carbocycles. The van der Waals surface area contributed by atoms with Gasteiger partial charge in [0.1, 0.15) is 23.0 Å². The average molecular weight is 899 g/mol.